The van der Waals surface area contributed by atoms with Crippen LogP contribution in [0.15, 0.2) is 24.3 Å². The highest BCUT2D eigenvalue weighted by atomic mass is 14.2. The second kappa shape index (κ2) is 4.14. The molecule has 0 aromatic heterocycles. The topological polar surface area (TPSA) is 23.8 Å². The van der Waals surface area contributed by atoms with Crippen molar-refractivity contribution in [3.05, 3.63) is 24.3 Å². The van der Waals surface area contributed by atoms with Crippen LogP contribution in [-0.4, -0.2) is 0 Å². The Morgan fingerprint density at radius 2 is 2.50 bits per heavy atom. The number of nitrogens with zero attached hydrogens (tertiary/aromatic N) is 1. The van der Waals surface area contributed by atoms with Gasteiger partial charge in [-0.15, -0.1) is 0 Å². The summed E-state index contributed by atoms with van der Waals surface area (Å²) in [6.07, 6.45) is 4.14. The van der Waals surface area contributed by atoms with Gasteiger partial charge < -0.3 is 0 Å². The van der Waals surface area contributed by atoms with Crippen molar-refractivity contribution < 1.29 is 0 Å². The molecule has 0 heterocycles. The number of nitriles is 1. The molecule has 0 bridgehead atoms. The predicted octanol–water partition coefficient (Wildman–Crippen LogP) is 2.03. The van der Waals surface area contributed by atoms with Crippen molar-refractivity contribution in [2.24, 2.45) is 0 Å². The van der Waals surface area contributed by atoms with Crippen LogP contribution < -0.4 is 0 Å². The van der Waals surface area contributed by atoms with Crippen LogP contribution in [0, 0.1) is 11.3 Å². The van der Waals surface area contributed by atoms with Crippen LogP contribution in [0.5, 0.6) is 0 Å². The summed E-state index contributed by atoms with van der Waals surface area (Å²) in [7, 11) is 0. The van der Waals surface area contributed by atoms with Gasteiger partial charge in [0.2, 0.25) is 0 Å². The maximum absolute atomic E-state index is 8.29. The van der Waals surface area contributed by atoms with Crippen LogP contribution >= 0.6 is 0 Å². The SMILES string of the molecule is C=CC=C(C#N)CC. The number of hydrogen-bond donors (Lipinski definition) is 0. The lowest BCUT2D eigenvalue weighted by Crippen LogP contribution is -1.69. The minimum atomic E-state index is 0.778. The number of allylic oxidation sites excluding steroid dienone is 3. The first-order valence-electron chi connectivity index (χ1n) is 2.56. The molecule has 0 spiro atoms. The number of hydrogen-bond acceptors (Lipinski definition) is 1. The highest BCUT2D eigenvalue weighted by molar-refractivity contribution is 5.23. The summed E-state index contributed by atoms with van der Waals surface area (Å²) in [5, 5.41) is 8.29. The molecule has 0 aliphatic rings. The lowest BCUT2D eigenvalue weighted by molar-refractivity contribution is 1.15. The highest BCUT2D eigenvalue weighted by Gasteiger charge is 1.83. The third-order valence-electron chi connectivity index (χ3n) is 0.844. The van der Waals surface area contributed by atoms with Gasteiger partial charge in [0.15, 0.2) is 0 Å². The normalized spacial score (nSPS) is 10.2. The van der Waals surface area contributed by atoms with Crippen LogP contribution in [0.4, 0.5) is 0 Å². The molecular weight excluding hydrogens is 98.1 g/mol. The zero-order valence-electron chi connectivity index (χ0n) is 5.02. The first-order chi connectivity index (χ1) is 3.85. The molecule has 1 heteroatoms. The van der Waals surface area contributed by atoms with Gasteiger partial charge in [-0.3, -0.25) is 0 Å². The third kappa shape index (κ3) is 2.20. The van der Waals surface area contributed by atoms with Crippen LogP contribution in [-0.2, 0) is 0 Å². The zero-order valence-corrected chi connectivity index (χ0v) is 5.02. The van der Waals surface area contributed by atoms with E-state index in [0.717, 1.165) is 12.0 Å². The Bertz CT molecular complexity index is 137. The fourth-order valence-electron chi connectivity index (χ4n) is 0.376. The second-order valence-corrected chi connectivity index (χ2v) is 1.39. The highest BCUT2D eigenvalue weighted by Crippen LogP contribution is 1.96. The Balaban J connectivity index is 3.91. The predicted molar refractivity (Wildman–Crippen MR) is 34.2 cm³/mol. The molecule has 0 saturated carbocycles. The van der Waals surface area contributed by atoms with E-state index in [9.17, 15) is 0 Å². The van der Waals surface area contributed by atoms with E-state index in [-0.39, 0.29) is 0 Å². The minimum absolute atomic E-state index is 0.778. The fourth-order valence-corrected chi connectivity index (χ4v) is 0.376. The van der Waals surface area contributed by atoms with E-state index in [0.29, 0.717) is 0 Å². The van der Waals surface area contributed by atoms with Crippen molar-refractivity contribution in [3.63, 3.8) is 0 Å². The molecule has 0 aromatic carbocycles. The molecule has 0 aliphatic carbocycles. The van der Waals surface area contributed by atoms with E-state index >= 15 is 0 Å². The summed E-state index contributed by atoms with van der Waals surface area (Å²) in [5.41, 5.74) is 0.778. The summed E-state index contributed by atoms with van der Waals surface area (Å²) in [5.74, 6) is 0. The van der Waals surface area contributed by atoms with Crippen molar-refractivity contribution in [2.45, 2.75) is 13.3 Å². The first kappa shape index (κ1) is 6.97. The molecule has 0 aliphatic heterocycles. The van der Waals surface area contributed by atoms with E-state index in [1.807, 2.05) is 13.0 Å². The van der Waals surface area contributed by atoms with Gasteiger partial charge in [0.1, 0.15) is 0 Å². The Morgan fingerprint density at radius 1 is 1.88 bits per heavy atom. The Labute approximate surface area is 49.9 Å². The lowest BCUT2D eigenvalue weighted by Gasteiger charge is -1.82. The zero-order chi connectivity index (χ0) is 6.41. The smallest absolute Gasteiger partial charge is 0.0946 e. The average molecular weight is 107 g/mol. The summed E-state index contributed by atoms with van der Waals surface area (Å²) in [6, 6.07) is 2.04. The van der Waals surface area contributed by atoms with Crippen LogP contribution in [0.2, 0.25) is 0 Å². The molecule has 0 radical (unpaired) electrons. The quantitative estimate of drug-likeness (QED) is 0.391. The van der Waals surface area contributed by atoms with E-state index in [1.165, 1.54) is 0 Å². The second-order valence-electron chi connectivity index (χ2n) is 1.39. The third-order valence-corrected chi connectivity index (χ3v) is 0.844. The fraction of sp³-hybridized carbons (Fsp3) is 0.286. The van der Waals surface area contributed by atoms with Gasteiger partial charge in [0.05, 0.1) is 6.07 Å². The van der Waals surface area contributed by atoms with Crippen molar-refractivity contribution in [2.75, 3.05) is 0 Å². The first-order valence-corrected chi connectivity index (χ1v) is 2.56. The standard InChI is InChI=1S/C7H9N/c1-3-5-7(4-2)6-8/h3,5H,1,4H2,2H3. The summed E-state index contributed by atoms with van der Waals surface area (Å²) in [4.78, 5) is 0. The van der Waals surface area contributed by atoms with Gasteiger partial charge in [0.25, 0.3) is 0 Å². The molecule has 0 N–H and O–H groups in total. The summed E-state index contributed by atoms with van der Waals surface area (Å²) >= 11 is 0. The van der Waals surface area contributed by atoms with Gasteiger partial charge in [-0.25, -0.2) is 0 Å². The van der Waals surface area contributed by atoms with Gasteiger partial charge in [0, 0.05) is 5.57 Å². The Kier molecular flexibility index (Phi) is 3.60. The summed E-state index contributed by atoms with van der Waals surface area (Å²) in [6.45, 7) is 5.41. The van der Waals surface area contributed by atoms with E-state index < -0.39 is 0 Å². The van der Waals surface area contributed by atoms with E-state index in [2.05, 4.69) is 6.58 Å². The van der Waals surface area contributed by atoms with Crippen molar-refractivity contribution in [3.8, 4) is 6.07 Å². The molecule has 42 valence electrons. The number of rotatable bonds is 2. The van der Waals surface area contributed by atoms with Crippen molar-refractivity contribution in [1.82, 2.24) is 0 Å². The van der Waals surface area contributed by atoms with Gasteiger partial charge in [-0.05, 0) is 12.5 Å². The Morgan fingerprint density at radius 3 is 2.62 bits per heavy atom. The van der Waals surface area contributed by atoms with Crippen molar-refractivity contribution >= 4 is 0 Å². The monoisotopic (exact) mass is 107 g/mol. The van der Waals surface area contributed by atoms with Crippen molar-refractivity contribution in [1.29, 1.82) is 5.26 Å². The Hall–Kier alpha value is -1.03. The van der Waals surface area contributed by atoms with Gasteiger partial charge >= 0.3 is 0 Å². The van der Waals surface area contributed by atoms with Gasteiger partial charge in [-0.1, -0.05) is 19.6 Å². The molecule has 0 aromatic rings. The van der Waals surface area contributed by atoms with Crippen LogP contribution in [0.25, 0.3) is 0 Å². The van der Waals surface area contributed by atoms with Crippen LogP contribution in [0.1, 0.15) is 13.3 Å². The maximum Gasteiger partial charge on any atom is 0.0946 e. The molecule has 8 heavy (non-hydrogen) atoms. The van der Waals surface area contributed by atoms with E-state index in [4.69, 9.17) is 5.26 Å². The molecule has 0 atom stereocenters. The van der Waals surface area contributed by atoms with Gasteiger partial charge in [-0.2, -0.15) is 5.26 Å². The molecule has 0 amide bonds. The minimum Gasteiger partial charge on any atom is -0.193 e. The lowest BCUT2D eigenvalue weighted by atomic mass is 10.2. The largest absolute Gasteiger partial charge is 0.193 e. The maximum atomic E-state index is 8.29. The molecule has 1 nitrogen and oxygen atoms in total. The molecule has 0 unspecified atom stereocenters. The summed E-state index contributed by atoms with van der Waals surface area (Å²) < 4.78 is 0. The molecule has 0 fully saturated rings. The molecular formula is C7H9N. The van der Waals surface area contributed by atoms with Crippen LogP contribution in [0.3, 0.4) is 0 Å². The van der Waals surface area contributed by atoms with E-state index in [1.54, 1.807) is 12.2 Å². The average Bonchev–Trinajstić information content (AvgIpc) is 1.83. The molecule has 0 rings (SSSR count). The molecule has 0 saturated heterocycles.